The molecule has 0 saturated carbocycles. The molecule has 0 amide bonds. The molecule has 0 bridgehead atoms. The van der Waals surface area contributed by atoms with Gasteiger partial charge < -0.3 is 10.5 Å². The molecule has 5 heteroatoms. The van der Waals surface area contributed by atoms with Crippen LogP contribution in [0.5, 0.6) is 0 Å². The van der Waals surface area contributed by atoms with Gasteiger partial charge in [-0.05, 0) is 12.5 Å². The first-order chi connectivity index (χ1) is 7.06. The number of carbonyl (C=O) groups excluding carboxylic acids is 2. The Morgan fingerprint density at radius 2 is 2.47 bits per heavy atom. The molecule has 84 valence electrons. The van der Waals surface area contributed by atoms with Gasteiger partial charge in [-0.15, -0.1) is 0 Å². The van der Waals surface area contributed by atoms with Crippen LogP contribution in [0.25, 0.3) is 0 Å². The second kappa shape index (κ2) is 5.16. The molecule has 0 aliphatic carbocycles. The highest BCUT2D eigenvalue weighted by Gasteiger charge is 2.28. The number of allylic oxidation sites excluding steroid dienone is 1. The fourth-order valence-corrected chi connectivity index (χ4v) is 1.58. The molecule has 1 aliphatic heterocycles. The molecule has 1 fully saturated rings. The van der Waals surface area contributed by atoms with Crippen LogP contribution >= 0.6 is 0 Å². The van der Waals surface area contributed by atoms with Gasteiger partial charge in [0.1, 0.15) is 6.17 Å². The normalized spacial score (nSPS) is 23.7. The molecule has 0 spiro atoms. The number of nitrogens with one attached hydrogen (secondary N) is 1. The summed E-state index contributed by atoms with van der Waals surface area (Å²) in [5.74, 6) is -0.0564. The summed E-state index contributed by atoms with van der Waals surface area (Å²) in [7, 11) is 0. The highest BCUT2D eigenvalue weighted by atomic mass is 16.1. The maximum absolute atomic E-state index is 11.4. The van der Waals surface area contributed by atoms with Gasteiger partial charge in [-0.2, -0.15) is 0 Å². The van der Waals surface area contributed by atoms with E-state index in [4.69, 9.17) is 5.73 Å². The summed E-state index contributed by atoms with van der Waals surface area (Å²) in [6.45, 7) is 6.64. The number of nitrogens with zero attached hydrogens (tertiary/aromatic N) is 1. The summed E-state index contributed by atoms with van der Waals surface area (Å²) in [6.07, 6.45) is 0.233. The highest BCUT2D eigenvalue weighted by molar-refractivity contribution is 5.94. The minimum Gasteiger partial charge on any atom is -0.315 e. The predicted molar refractivity (Wildman–Crippen MR) is 57.0 cm³/mol. The highest BCUT2D eigenvalue weighted by Crippen LogP contribution is 2.08. The molecule has 1 rings (SSSR count). The average molecular weight is 211 g/mol. The monoisotopic (exact) mass is 211 g/mol. The van der Waals surface area contributed by atoms with Gasteiger partial charge in [0.25, 0.3) is 0 Å². The van der Waals surface area contributed by atoms with Crippen LogP contribution in [0.15, 0.2) is 12.2 Å². The number of carbonyl (C=O) groups is 2. The third-order valence-corrected chi connectivity index (χ3v) is 2.51. The first kappa shape index (κ1) is 12.0. The van der Waals surface area contributed by atoms with Crippen LogP contribution in [0.2, 0.25) is 0 Å². The van der Waals surface area contributed by atoms with Gasteiger partial charge in [0.05, 0.1) is 6.17 Å². The molecule has 0 aromatic rings. The number of aldehydes is 1. The van der Waals surface area contributed by atoms with Gasteiger partial charge in [-0.25, -0.2) is 0 Å². The second-order valence-electron chi connectivity index (χ2n) is 3.75. The Kier molecular flexibility index (Phi) is 4.14. The summed E-state index contributed by atoms with van der Waals surface area (Å²) >= 11 is 0. The molecule has 1 saturated heterocycles. The topological polar surface area (TPSA) is 75.4 Å². The van der Waals surface area contributed by atoms with E-state index in [-0.39, 0.29) is 18.4 Å². The number of ketones is 1. The largest absolute Gasteiger partial charge is 0.315 e. The van der Waals surface area contributed by atoms with Crippen molar-refractivity contribution < 1.29 is 9.59 Å². The number of rotatable bonds is 5. The van der Waals surface area contributed by atoms with Crippen molar-refractivity contribution in [3.63, 3.8) is 0 Å². The van der Waals surface area contributed by atoms with E-state index >= 15 is 0 Å². The van der Waals surface area contributed by atoms with Gasteiger partial charge in [0.2, 0.25) is 0 Å². The lowest BCUT2D eigenvalue weighted by molar-refractivity contribution is -0.118. The molecule has 2 unspecified atom stereocenters. The van der Waals surface area contributed by atoms with Crippen molar-refractivity contribution in [1.29, 1.82) is 0 Å². The second-order valence-corrected chi connectivity index (χ2v) is 3.75. The van der Waals surface area contributed by atoms with Crippen molar-refractivity contribution in [2.24, 2.45) is 5.73 Å². The molecular weight excluding hydrogens is 194 g/mol. The molecule has 15 heavy (non-hydrogen) atoms. The van der Waals surface area contributed by atoms with E-state index in [1.54, 1.807) is 11.8 Å². The number of nitrogens with two attached hydrogens (primary N) is 1. The van der Waals surface area contributed by atoms with Gasteiger partial charge in [0.15, 0.2) is 12.1 Å². The van der Waals surface area contributed by atoms with E-state index in [1.807, 2.05) is 0 Å². The standard InChI is InChI=1S/C10H17N3O2/c1-7(2)8(15)5-9(11)13-4-3-12-10(13)6-14/h6,9-10,12H,1,3-5,11H2,2H3. The first-order valence-electron chi connectivity index (χ1n) is 4.95. The molecule has 1 aliphatic rings. The molecule has 3 N–H and O–H groups in total. The van der Waals surface area contributed by atoms with Crippen molar-refractivity contribution in [3.8, 4) is 0 Å². The maximum Gasteiger partial charge on any atom is 0.160 e. The summed E-state index contributed by atoms with van der Waals surface area (Å²) in [5.41, 5.74) is 6.35. The third-order valence-electron chi connectivity index (χ3n) is 2.51. The summed E-state index contributed by atoms with van der Waals surface area (Å²) in [5, 5.41) is 2.98. The van der Waals surface area contributed by atoms with Crippen LogP contribution < -0.4 is 11.1 Å². The lowest BCUT2D eigenvalue weighted by Gasteiger charge is -2.26. The van der Waals surface area contributed by atoms with Crippen LogP contribution in [0, 0.1) is 0 Å². The minimum absolute atomic E-state index is 0.0564. The Morgan fingerprint density at radius 3 is 3.00 bits per heavy atom. The van der Waals surface area contributed by atoms with Gasteiger partial charge in [-0.1, -0.05) is 6.58 Å². The molecule has 0 aromatic heterocycles. The Balaban J connectivity index is 2.52. The molecule has 5 nitrogen and oxygen atoms in total. The van der Waals surface area contributed by atoms with Crippen LogP contribution in [0.1, 0.15) is 13.3 Å². The molecule has 0 aromatic carbocycles. The fraction of sp³-hybridized carbons (Fsp3) is 0.600. The number of Topliss-reactive ketones (excluding diaryl/α,β-unsaturated/α-hetero) is 1. The van der Waals surface area contributed by atoms with Crippen LogP contribution in [-0.4, -0.2) is 42.4 Å². The van der Waals surface area contributed by atoms with E-state index in [2.05, 4.69) is 11.9 Å². The summed E-state index contributed by atoms with van der Waals surface area (Å²) in [4.78, 5) is 23.9. The summed E-state index contributed by atoms with van der Waals surface area (Å²) in [6, 6.07) is 0. The Morgan fingerprint density at radius 1 is 1.80 bits per heavy atom. The minimum atomic E-state index is -0.417. The molecule has 2 atom stereocenters. The zero-order valence-electron chi connectivity index (χ0n) is 8.90. The van der Waals surface area contributed by atoms with E-state index in [0.717, 1.165) is 12.8 Å². The van der Waals surface area contributed by atoms with Crippen LogP contribution in [0.4, 0.5) is 0 Å². The van der Waals surface area contributed by atoms with Crippen molar-refractivity contribution >= 4 is 12.1 Å². The Bertz CT molecular complexity index is 278. The lowest BCUT2D eigenvalue weighted by atomic mass is 10.1. The number of hydrogen-bond donors (Lipinski definition) is 2. The van der Waals surface area contributed by atoms with Crippen molar-refractivity contribution in [2.75, 3.05) is 13.1 Å². The number of hydrogen-bond acceptors (Lipinski definition) is 5. The summed E-state index contributed by atoms with van der Waals surface area (Å²) < 4.78 is 0. The quantitative estimate of drug-likeness (QED) is 0.461. The van der Waals surface area contributed by atoms with Crippen molar-refractivity contribution in [1.82, 2.24) is 10.2 Å². The predicted octanol–water partition coefficient (Wildman–Crippen LogP) is -0.763. The molecular formula is C10H17N3O2. The lowest BCUT2D eigenvalue weighted by Crippen LogP contribution is -2.49. The fourth-order valence-electron chi connectivity index (χ4n) is 1.58. The SMILES string of the molecule is C=C(C)C(=O)CC(N)N1CCNC1C=O. The van der Waals surface area contributed by atoms with Gasteiger partial charge in [-0.3, -0.25) is 15.0 Å². The smallest absolute Gasteiger partial charge is 0.160 e. The van der Waals surface area contributed by atoms with Crippen molar-refractivity contribution in [3.05, 3.63) is 12.2 Å². The van der Waals surface area contributed by atoms with E-state index in [0.29, 0.717) is 12.1 Å². The van der Waals surface area contributed by atoms with E-state index in [1.165, 1.54) is 0 Å². The van der Waals surface area contributed by atoms with E-state index < -0.39 is 6.17 Å². The van der Waals surface area contributed by atoms with Gasteiger partial charge in [0, 0.05) is 19.5 Å². The third kappa shape index (κ3) is 2.95. The zero-order chi connectivity index (χ0) is 11.4. The first-order valence-corrected chi connectivity index (χ1v) is 4.95. The average Bonchev–Trinajstić information content (AvgIpc) is 2.64. The van der Waals surface area contributed by atoms with E-state index in [9.17, 15) is 9.59 Å². The molecule has 1 heterocycles. The van der Waals surface area contributed by atoms with Crippen LogP contribution in [-0.2, 0) is 9.59 Å². The van der Waals surface area contributed by atoms with Gasteiger partial charge >= 0.3 is 0 Å². The zero-order valence-corrected chi connectivity index (χ0v) is 8.90. The Labute approximate surface area is 89.3 Å². The van der Waals surface area contributed by atoms with Crippen molar-refractivity contribution in [2.45, 2.75) is 25.7 Å². The maximum atomic E-state index is 11.4. The molecule has 0 radical (unpaired) electrons. The Hall–Kier alpha value is -1.04. The van der Waals surface area contributed by atoms with Crippen LogP contribution in [0.3, 0.4) is 0 Å².